The van der Waals surface area contributed by atoms with Crippen LogP contribution in [0.1, 0.15) is 12.5 Å². The molecule has 37 heavy (non-hydrogen) atoms. The Labute approximate surface area is 214 Å². The highest BCUT2D eigenvalue weighted by Gasteiger charge is 2.71. The summed E-state index contributed by atoms with van der Waals surface area (Å²) in [6.07, 6.45) is 0. The summed E-state index contributed by atoms with van der Waals surface area (Å²) in [7, 11) is 1.54. The Kier molecular flexibility index (Phi) is 5.54. The summed E-state index contributed by atoms with van der Waals surface area (Å²) in [6, 6.07) is 13.5. The van der Waals surface area contributed by atoms with Gasteiger partial charge >= 0.3 is 0 Å². The Morgan fingerprint density at radius 1 is 1.05 bits per heavy atom. The molecule has 4 amide bonds. The minimum Gasteiger partial charge on any atom is -0.497 e. The summed E-state index contributed by atoms with van der Waals surface area (Å²) >= 11 is 0. The van der Waals surface area contributed by atoms with Crippen molar-refractivity contribution in [1.82, 2.24) is 10.2 Å². The first kappa shape index (κ1) is 23.6. The van der Waals surface area contributed by atoms with E-state index in [-0.39, 0.29) is 24.3 Å². The molecule has 6 rings (SSSR count). The normalized spacial score (nSPS) is 28.8. The van der Waals surface area contributed by atoms with Gasteiger partial charge < -0.3 is 19.3 Å². The van der Waals surface area contributed by atoms with E-state index in [0.717, 1.165) is 0 Å². The van der Waals surface area contributed by atoms with Gasteiger partial charge in [-0.15, -0.1) is 0 Å². The number of methoxy groups -OCH3 is 1. The van der Waals surface area contributed by atoms with Gasteiger partial charge in [-0.3, -0.25) is 24.5 Å². The molecule has 3 saturated heterocycles. The molecule has 4 heterocycles. The number of amides is 4. The zero-order valence-corrected chi connectivity index (χ0v) is 20.7. The van der Waals surface area contributed by atoms with Crippen molar-refractivity contribution in [2.75, 3.05) is 49.8 Å². The predicted molar refractivity (Wildman–Crippen MR) is 133 cm³/mol. The number of nitrogens with one attached hydrogen (secondary N) is 1. The number of carbonyl (C=O) groups is 4. The largest absolute Gasteiger partial charge is 0.497 e. The second kappa shape index (κ2) is 8.67. The number of fused-ring (bicyclic) bond motifs is 4. The number of benzene rings is 2. The fourth-order valence-electron chi connectivity index (χ4n) is 6.30. The van der Waals surface area contributed by atoms with E-state index < -0.39 is 29.3 Å². The van der Waals surface area contributed by atoms with Crippen LogP contribution in [0.2, 0.25) is 0 Å². The predicted octanol–water partition coefficient (Wildman–Crippen LogP) is 0.893. The Morgan fingerprint density at radius 2 is 1.76 bits per heavy atom. The van der Waals surface area contributed by atoms with Gasteiger partial charge in [-0.25, -0.2) is 4.90 Å². The molecule has 2 aromatic carbocycles. The molecule has 1 spiro atoms. The first-order valence-corrected chi connectivity index (χ1v) is 12.4. The Hall–Kier alpha value is -3.76. The van der Waals surface area contributed by atoms with Crippen LogP contribution in [0.4, 0.5) is 11.4 Å². The molecule has 192 valence electrons. The lowest BCUT2D eigenvalue weighted by Gasteiger charge is -2.31. The first-order chi connectivity index (χ1) is 17.9. The maximum absolute atomic E-state index is 14.2. The SMILES string of the molecule is COc1ccc(N2C(=O)[C@H]3[C@@H](C2=O)[C@]2(N[C@@H]3C)C(=O)N(CC(=O)N3CCOCC3)c3ccccc32)cc1. The highest BCUT2D eigenvalue weighted by Crippen LogP contribution is 2.55. The number of ether oxygens (including phenoxy) is 2. The third-order valence-corrected chi connectivity index (χ3v) is 8.00. The van der Waals surface area contributed by atoms with Crippen LogP contribution in [0.25, 0.3) is 0 Å². The van der Waals surface area contributed by atoms with Gasteiger partial charge in [-0.2, -0.15) is 0 Å². The number of morpholine rings is 1. The smallest absolute Gasteiger partial charge is 0.253 e. The zero-order chi connectivity index (χ0) is 25.9. The summed E-state index contributed by atoms with van der Waals surface area (Å²) < 4.78 is 10.6. The van der Waals surface area contributed by atoms with E-state index in [4.69, 9.17) is 9.47 Å². The van der Waals surface area contributed by atoms with Crippen LogP contribution in [0, 0.1) is 11.8 Å². The lowest BCUT2D eigenvalue weighted by molar-refractivity contribution is -0.136. The summed E-state index contributed by atoms with van der Waals surface area (Å²) in [4.78, 5) is 59.3. The number of rotatable bonds is 4. The molecule has 4 atom stereocenters. The van der Waals surface area contributed by atoms with Crippen LogP contribution < -0.4 is 19.9 Å². The van der Waals surface area contributed by atoms with Crippen molar-refractivity contribution >= 4 is 35.0 Å². The molecule has 0 aromatic heterocycles. The first-order valence-electron chi connectivity index (χ1n) is 12.4. The minimum absolute atomic E-state index is 0.143. The van der Waals surface area contributed by atoms with Crippen LogP contribution >= 0.6 is 0 Å². The van der Waals surface area contributed by atoms with E-state index in [1.54, 1.807) is 48.4 Å². The average molecular weight is 505 g/mol. The Balaban J connectivity index is 1.38. The van der Waals surface area contributed by atoms with E-state index in [9.17, 15) is 19.2 Å². The van der Waals surface area contributed by atoms with Crippen molar-refractivity contribution in [3.63, 3.8) is 0 Å². The van der Waals surface area contributed by atoms with Gasteiger partial charge in [0.05, 0.1) is 37.8 Å². The molecular weight excluding hydrogens is 476 g/mol. The van der Waals surface area contributed by atoms with Crippen molar-refractivity contribution in [3.8, 4) is 5.75 Å². The van der Waals surface area contributed by atoms with E-state index >= 15 is 0 Å². The Bertz CT molecular complexity index is 1290. The van der Waals surface area contributed by atoms with Crippen LogP contribution in [0.3, 0.4) is 0 Å². The average Bonchev–Trinajstić information content (AvgIpc) is 3.47. The van der Waals surface area contributed by atoms with Gasteiger partial charge in [0.25, 0.3) is 5.91 Å². The standard InChI is InChI=1S/C27H28N4O6/c1-16-22-23(25(34)31(24(22)33)17-7-9-18(36-2)10-8-17)27(28-16)19-5-3-4-6-20(19)30(26(27)35)15-21(32)29-11-13-37-14-12-29/h3-10,16,22-23,28H,11-15H2,1-2H3/t16-,22-,23+,27+/m1/s1. The van der Waals surface area contributed by atoms with Crippen molar-refractivity contribution < 1.29 is 28.7 Å². The van der Waals surface area contributed by atoms with E-state index in [0.29, 0.717) is 49.0 Å². The van der Waals surface area contributed by atoms with Crippen LogP contribution in [-0.4, -0.2) is 74.5 Å². The molecule has 2 aromatic rings. The highest BCUT2D eigenvalue weighted by atomic mass is 16.5. The molecule has 0 aliphatic carbocycles. The van der Waals surface area contributed by atoms with Gasteiger partial charge in [0.1, 0.15) is 17.8 Å². The molecule has 0 unspecified atom stereocenters. The monoisotopic (exact) mass is 504 g/mol. The minimum atomic E-state index is -1.43. The lowest BCUT2D eigenvalue weighted by atomic mass is 9.76. The Morgan fingerprint density at radius 3 is 2.46 bits per heavy atom. The van der Waals surface area contributed by atoms with Gasteiger partial charge in [0.2, 0.25) is 17.7 Å². The zero-order valence-electron chi connectivity index (χ0n) is 20.7. The molecule has 4 aliphatic rings. The van der Waals surface area contributed by atoms with E-state index in [1.807, 2.05) is 19.1 Å². The van der Waals surface area contributed by atoms with E-state index in [2.05, 4.69) is 5.32 Å². The third kappa shape index (κ3) is 3.32. The number of para-hydroxylation sites is 1. The van der Waals surface area contributed by atoms with Crippen molar-refractivity contribution in [2.45, 2.75) is 18.5 Å². The molecule has 4 aliphatic heterocycles. The number of hydrogen-bond donors (Lipinski definition) is 1. The quantitative estimate of drug-likeness (QED) is 0.616. The second-order valence-electron chi connectivity index (χ2n) is 9.86. The maximum Gasteiger partial charge on any atom is 0.253 e. The van der Waals surface area contributed by atoms with Crippen LogP contribution in [0.15, 0.2) is 48.5 Å². The number of anilines is 2. The molecule has 0 radical (unpaired) electrons. The second-order valence-corrected chi connectivity index (χ2v) is 9.86. The summed E-state index contributed by atoms with van der Waals surface area (Å²) in [5.74, 6) is -2.38. The topological polar surface area (TPSA) is 108 Å². The summed E-state index contributed by atoms with van der Waals surface area (Å²) in [6.45, 7) is 3.54. The highest BCUT2D eigenvalue weighted by molar-refractivity contribution is 6.26. The summed E-state index contributed by atoms with van der Waals surface area (Å²) in [5.41, 5.74) is 0.204. The fourth-order valence-corrected chi connectivity index (χ4v) is 6.30. The molecule has 0 bridgehead atoms. The van der Waals surface area contributed by atoms with Gasteiger partial charge in [0, 0.05) is 30.4 Å². The van der Waals surface area contributed by atoms with Gasteiger partial charge in [-0.1, -0.05) is 18.2 Å². The van der Waals surface area contributed by atoms with Gasteiger partial charge in [-0.05, 0) is 37.3 Å². The molecule has 10 heteroatoms. The van der Waals surface area contributed by atoms with Crippen LogP contribution in [0.5, 0.6) is 5.75 Å². The molecular formula is C27H28N4O6. The molecule has 1 N–H and O–H groups in total. The van der Waals surface area contributed by atoms with Crippen molar-refractivity contribution in [2.24, 2.45) is 11.8 Å². The summed E-state index contributed by atoms with van der Waals surface area (Å²) in [5, 5.41) is 3.35. The van der Waals surface area contributed by atoms with Gasteiger partial charge in [0.15, 0.2) is 0 Å². The maximum atomic E-state index is 14.2. The third-order valence-electron chi connectivity index (χ3n) is 8.00. The number of imide groups is 1. The molecule has 3 fully saturated rings. The number of nitrogens with zero attached hydrogens (tertiary/aromatic N) is 3. The molecule has 0 saturated carbocycles. The number of carbonyl (C=O) groups excluding carboxylic acids is 4. The number of hydrogen-bond acceptors (Lipinski definition) is 7. The van der Waals surface area contributed by atoms with Crippen molar-refractivity contribution in [3.05, 3.63) is 54.1 Å². The van der Waals surface area contributed by atoms with Crippen molar-refractivity contribution in [1.29, 1.82) is 0 Å². The lowest BCUT2D eigenvalue weighted by Crippen LogP contribution is -2.56. The van der Waals surface area contributed by atoms with E-state index in [1.165, 1.54) is 9.80 Å². The molecule has 10 nitrogen and oxygen atoms in total. The van der Waals surface area contributed by atoms with Crippen LogP contribution in [-0.2, 0) is 29.5 Å². The fraction of sp³-hybridized carbons (Fsp3) is 0.407.